The lowest BCUT2D eigenvalue weighted by Gasteiger charge is -2.39. The number of nitro benzene ring substituents is 1. The van der Waals surface area contributed by atoms with Gasteiger partial charge < -0.3 is 16.2 Å². The van der Waals surface area contributed by atoms with Crippen LogP contribution in [0.4, 0.5) is 11.4 Å². The number of carbonyl (C=O) groups is 1. The number of hydrogen-bond donors (Lipinski definition) is 3. The summed E-state index contributed by atoms with van der Waals surface area (Å²) in [6, 6.07) is 3.55. The van der Waals surface area contributed by atoms with Gasteiger partial charge in [-0.15, -0.1) is 0 Å². The molecule has 7 nitrogen and oxygen atoms in total. The largest absolute Gasteiger partial charge is 0.506 e. The molecule has 0 heterocycles. The van der Waals surface area contributed by atoms with E-state index in [0.29, 0.717) is 0 Å². The molecule has 0 atom stereocenters. The maximum Gasteiger partial charge on any atom is 0.273 e. The fourth-order valence-corrected chi connectivity index (χ4v) is 2.12. The van der Waals surface area contributed by atoms with Crippen LogP contribution in [0, 0.1) is 15.5 Å². The molecule has 0 bridgehead atoms. The van der Waals surface area contributed by atoms with Crippen molar-refractivity contribution in [1.82, 2.24) is 0 Å². The first kappa shape index (κ1) is 13.3. The lowest BCUT2D eigenvalue weighted by molar-refractivity contribution is -0.384. The minimum absolute atomic E-state index is 0.162. The second-order valence-electron chi connectivity index (χ2n) is 4.75. The Kier molecular flexibility index (Phi) is 3.39. The number of phenolic OH excluding ortho intramolecular Hbond substituents is 1. The molecule has 0 spiro atoms. The number of rotatable bonds is 4. The lowest BCUT2D eigenvalue weighted by Crippen LogP contribution is -2.47. The van der Waals surface area contributed by atoms with E-state index in [1.807, 2.05) is 0 Å². The van der Waals surface area contributed by atoms with Crippen molar-refractivity contribution >= 4 is 17.3 Å². The average molecular weight is 265 g/mol. The summed E-state index contributed by atoms with van der Waals surface area (Å²) < 4.78 is 0. The molecule has 1 saturated carbocycles. The maximum absolute atomic E-state index is 12.1. The van der Waals surface area contributed by atoms with Gasteiger partial charge in [0, 0.05) is 12.6 Å². The van der Waals surface area contributed by atoms with Gasteiger partial charge in [-0.3, -0.25) is 14.9 Å². The third kappa shape index (κ3) is 2.37. The van der Waals surface area contributed by atoms with Crippen molar-refractivity contribution in [2.24, 2.45) is 11.1 Å². The summed E-state index contributed by atoms with van der Waals surface area (Å²) >= 11 is 0. The molecule has 2 rings (SSSR count). The number of anilines is 1. The zero-order chi connectivity index (χ0) is 14.0. The fourth-order valence-electron chi connectivity index (χ4n) is 2.12. The first-order valence-corrected chi connectivity index (χ1v) is 5.97. The monoisotopic (exact) mass is 265 g/mol. The van der Waals surface area contributed by atoms with Crippen molar-refractivity contribution in [3.05, 3.63) is 28.3 Å². The number of benzene rings is 1. The normalized spacial score (nSPS) is 16.5. The number of nitrogens with one attached hydrogen (secondary N) is 1. The average Bonchev–Trinajstić information content (AvgIpc) is 2.30. The van der Waals surface area contributed by atoms with Crippen molar-refractivity contribution in [3.63, 3.8) is 0 Å². The number of nitrogens with two attached hydrogens (primary N) is 1. The van der Waals surface area contributed by atoms with E-state index in [0.717, 1.165) is 25.3 Å². The standard InChI is InChI=1S/C12H15N3O4/c13-7-12(4-1-5-12)11(17)14-9-3-2-8(15(18)19)6-10(9)16/h2-3,6,16H,1,4-5,7,13H2,(H,14,17). The van der Waals surface area contributed by atoms with Crippen LogP contribution in [-0.4, -0.2) is 22.5 Å². The number of aromatic hydroxyl groups is 1. The number of nitrogens with zero attached hydrogens (tertiary/aromatic N) is 1. The number of amides is 1. The molecule has 1 amide bonds. The Hall–Kier alpha value is -2.15. The third-order valence-electron chi connectivity index (χ3n) is 3.62. The van der Waals surface area contributed by atoms with Crippen LogP contribution in [0.1, 0.15) is 19.3 Å². The minimum atomic E-state index is -0.612. The van der Waals surface area contributed by atoms with E-state index in [9.17, 15) is 20.0 Å². The summed E-state index contributed by atoms with van der Waals surface area (Å²) in [5.41, 5.74) is 4.98. The molecule has 0 unspecified atom stereocenters. The summed E-state index contributed by atoms with van der Waals surface area (Å²) in [5.74, 6) is -0.570. The Morgan fingerprint density at radius 1 is 1.53 bits per heavy atom. The van der Waals surface area contributed by atoms with Gasteiger partial charge in [-0.2, -0.15) is 0 Å². The Morgan fingerprint density at radius 2 is 2.21 bits per heavy atom. The van der Waals surface area contributed by atoms with Gasteiger partial charge in [-0.05, 0) is 18.9 Å². The molecule has 1 aromatic carbocycles. The van der Waals surface area contributed by atoms with Gasteiger partial charge in [0.2, 0.25) is 5.91 Å². The highest BCUT2D eigenvalue weighted by molar-refractivity contribution is 5.97. The van der Waals surface area contributed by atoms with E-state index in [1.54, 1.807) is 0 Å². The van der Waals surface area contributed by atoms with Gasteiger partial charge in [0.25, 0.3) is 5.69 Å². The number of non-ortho nitro benzene ring substituents is 1. The summed E-state index contributed by atoms with van der Waals surface area (Å²) in [7, 11) is 0. The van der Waals surface area contributed by atoms with Gasteiger partial charge in [-0.1, -0.05) is 6.42 Å². The Labute approximate surface area is 109 Å². The first-order chi connectivity index (χ1) is 8.98. The molecule has 0 radical (unpaired) electrons. The molecular formula is C12H15N3O4. The van der Waals surface area contributed by atoms with Crippen LogP contribution in [0.2, 0.25) is 0 Å². The van der Waals surface area contributed by atoms with Crippen LogP contribution in [-0.2, 0) is 4.79 Å². The molecule has 1 aromatic rings. The highest BCUT2D eigenvalue weighted by atomic mass is 16.6. The molecule has 1 aliphatic rings. The Balaban J connectivity index is 2.15. The van der Waals surface area contributed by atoms with Gasteiger partial charge in [0.1, 0.15) is 5.75 Å². The van der Waals surface area contributed by atoms with Crippen molar-refractivity contribution in [3.8, 4) is 5.75 Å². The van der Waals surface area contributed by atoms with Crippen LogP contribution in [0.15, 0.2) is 18.2 Å². The molecule has 0 aromatic heterocycles. The number of nitro groups is 1. The van der Waals surface area contributed by atoms with Gasteiger partial charge in [0.05, 0.1) is 22.1 Å². The van der Waals surface area contributed by atoms with Crippen molar-refractivity contribution in [1.29, 1.82) is 0 Å². The van der Waals surface area contributed by atoms with Crippen LogP contribution >= 0.6 is 0 Å². The van der Waals surface area contributed by atoms with Gasteiger partial charge in [0.15, 0.2) is 0 Å². The van der Waals surface area contributed by atoms with E-state index in [1.165, 1.54) is 12.1 Å². The second kappa shape index (κ2) is 4.85. The molecule has 19 heavy (non-hydrogen) atoms. The van der Waals surface area contributed by atoms with Crippen LogP contribution in [0.5, 0.6) is 5.75 Å². The third-order valence-corrected chi connectivity index (χ3v) is 3.62. The molecule has 0 aliphatic heterocycles. The topological polar surface area (TPSA) is 118 Å². The number of phenols is 1. The number of carbonyl (C=O) groups excluding carboxylic acids is 1. The van der Waals surface area contributed by atoms with Crippen molar-refractivity contribution in [2.45, 2.75) is 19.3 Å². The van der Waals surface area contributed by atoms with Crippen LogP contribution in [0.3, 0.4) is 0 Å². The molecule has 0 saturated heterocycles. The summed E-state index contributed by atoms with van der Waals surface area (Å²) in [4.78, 5) is 22.0. The van der Waals surface area contributed by atoms with Gasteiger partial charge >= 0.3 is 0 Å². The molecule has 102 valence electrons. The van der Waals surface area contributed by atoms with E-state index < -0.39 is 10.3 Å². The SMILES string of the molecule is NCC1(C(=O)Nc2ccc([N+](=O)[O-])cc2O)CCC1. The van der Waals surface area contributed by atoms with E-state index >= 15 is 0 Å². The maximum atomic E-state index is 12.1. The van der Waals surface area contributed by atoms with Crippen LogP contribution < -0.4 is 11.1 Å². The first-order valence-electron chi connectivity index (χ1n) is 5.97. The summed E-state index contributed by atoms with van der Waals surface area (Å²) in [6.07, 6.45) is 2.41. The molecule has 1 aliphatic carbocycles. The zero-order valence-corrected chi connectivity index (χ0v) is 10.3. The van der Waals surface area contributed by atoms with E-state index in [-0.39, 0.29) is 29.6 Å². The summed E-state index contributed by atoms with van der Waals surface area (Å²) in [6.45, 7) is 0.257. The van der Waals surface area contributed by atoms with Crippen LogP contribution in [0.25, 0.3) is 0 Å². The second-order valence-corrected chi connectivity index (χ2v) is 4.75. The minimum Gasteiger partial charge on any atom is -0.506 e. The predicted molar refractivity (Wildman–Crippen MR) is 68.7 cm³/mol. The number of hydrogen-bond acceptors (Lipinski definition) is 5. The summed E-state index contributed by atoms with van der Waals surface area (Å²) in [5, 5.41) is 22.8. The molecule has 4 N–H and O–H groups in total. The van der Waals surface area contributed by atoms with Gasteiger partial charge in [-0.25, -0.2) is 0 Å². The van der Waals surface area contributed by atoms with E-state index in [2.05, 4.69) is 5.32 Å². The smallest absolute Gasteiger partial charge is 0.273 e. The van der Waals surface area contributed by atoms with Crippen molar-refractivity contribution in [2.75, 3.05) is 11.9 Å². The quantitative estimate of drug-likeness (QED) is 0.431. The Bertz CT molecular complexity index is 520. The molecular weight excluding hydrogens is 250 g/mol. The zero-order valence-electron chi connectivity index (χ0n) is 10.3. The predicted octanol–water partition coefficient (Wildman–Crippen LogP) is 1.37. The molecule has 1 fully saturated rings. The van der Waals surface area contributed by atoms with E-state index in [4.69, 9.17) is 5.73 Å². The van der Waals surface area contributed by atoms with Crippen molar-refractivity contribution < 1.29 is 14.8 Å². The Morgan fingerprint density at radius 3 is 2.63 bits per heavy atom. The lowest BCUT2D eigenvalue weighted by atomic mass is 9.68. The fraction of sp³-hybridized carbons (Fsp3) is 0.417. The highest BCUT2D eigenvalue weighted by Crippen LogP contribution is 2.41. The molecule has 7 heteroatoms. The highest BCUT2D eigenvalue weighted by Gasteiger charge is 2.43.